The molecular weight excluding hydrogens is 100 g/mol. The molecule has 0 bridgehead atoms. The maximum atomic E-state index is 8.29. The summed E-state index contributed by atoms with van der Waals surface area (Å²) in [5.41, 5.74) is 0. The third-order valence-corrected chi connectivity index (χ3v) is 0.873. The van der Waals surface area contributed by atoms with E-state index in [1.54, 1.807) is 11.0 Å². The van der Waals surface area contributed by atoms with Gasteiger partial charge in [-0.3, -0.25) is 0 Å². The van der Waals surface area contributed by atoms with Gasteiger partial charge in [-0.25, -0.2) is 0 Å². The first-order valence-corrected chi connectivity index (χ1v) is 2.60. The highest BCUT2D eigenvalue weighted by molar-refractivity contribution is 4.80. The first-order chi connectivity index (χ1) is 3.85. The van der Waals surface area contributed by atoms with Gasteiger partial charge >= 0.3 is 0 Å². The van der Waals surface area contributed by atoms with Gasteiger partial charge in [0.2, 0.25) is 0 Å². The number of nitrogens with zero attached hydrogens (tertiary/aromatic N) is 2. The maximum absolute atomic E-state index is 8.29. The van der Waals surface area contributed by atoms with Crippen LogP contribution >= 0.6 is 0 Å². The van der Waals surface area contributed by atoms with Crippen molar-refractivity contribution in [2.45, 2.75) is 6.92 Å². The van der Waals surface area contributed by atoms with Crippen molar-refractivity contribution >= 4 is 0 Å². The van der Waals surface area contributed by atoms with E-state index in [-0.39, 0.29) is 0 Å². The minimum Gasteiger partial charge on any atom is -0.307 e. The predicted octanol–water partition coefficient (Wildman–Crippen LogP) is 0.975. The molecule has 0 radical (unpaired) electrons. The van der Waals surface area contributed by atoms with E-state index in [2.05, 4.69) is 6.58 Å². The molecule has 2 nitrogen and oxygen atoms in total. The number of rotatable bonds is 3. The second kappa shape index (κ2) is 4.20. The van der Waals surface area contributed by atoms with Crippen molar-refractivity contribution in [2.24, 2.45) is 0 Å². The summed E-state index contributed by atoms with van der Waals surface area (Å²) in [6.07, 6.45) is 3.73. The molecule has 0 N–H and O–H groups in total. The van der Waals surface area contributed by atoms with Crippen molar-refractivity contribution in [2.75, 3.05) is 13.1 Å². The SMILES string of the molecule is C=CCN(C#N)CC. The van der Waals surface area contributed by atoms with Crippen LogP contribution in [0.3, 0.4) is 0 Å². The minimum absolute atomic E-state index is 0.660. The van der Waals surface area contributed by atoms with Crippen LogP contribution in [0.5, 0.6) is 0 Å². The van der Waals surface area contributed by atoms with Crippen LogP contribution in [0.2, 0.25) is 0 Å². The van der Waals surface area contributed by atoms with E-state index in [0.29, 0.717) is 6.54 Å². The van der Waals surface area contributed by atoms with Crippen LogP contribution in [0.25, 0.3) is 0 Å². The molecule has 0 fully saturated rings. The van der Waals surface area contributed by atoms with Crippen molar-refractivity contribution in [3.63, 3.8) is 0 Å². The Morgan fingerprint density at radius 3 is 2.62 bits per heavy atom. The molecule has 44 valence electrons. The normalized spacial score (nSPS) is 7.50. The van der Waals surface area contributed by atoms with Crippen molar-refractivity contribution < 1.29 is 0 Å². The lowest BCUT2D eigenvalue weighted by molar-refractivity contribution is 0.458. The topological polar surface area (TPSA) is 27.0 Å². The lowest BCUT2D eigenvalue weighted by Crippen LogP contribution is -2.15. The zero-order chi connectivity index (χ0) is 6.41. The second-order valence-electron chi connectivity index (χ2n) is 1.43. The number of hydrogen-bond donors (Lipinski definition) is 0. The smallest absolute Gasteiger partial charge is 0.179 e. The molecule has 8 heavy (non-hydrogen) atoms. The molecule has 0 aromatic carbocycles. The molecule has 0 aliphatic carbocycles. The van der Waals surface area contributed by atoms with Gasteiger partial charge in [0.15, 0.2) is 6.19 Å². The van der Waals surface area contributed by atoms with Gasteiger partial charge in [-0.1, -0.05) is 6.08 Å². The Hall–Kier alpha value is -0.970. The Morgan fingerprint density at radius 2 is 2.50 bits per heavy atom. The van der Waals surface area contributed by atoms with Gasteiger partial charge in [0.1, 0.15) is 0 Å². The second-order valence-corrected chi connectivity index (χ2v) is 1.43. The van der Waals surface area contributed by atoms with Crippen LogP contribution < -0.4 is 0 Å². The minimum atomic E-state index is 0.660. The van der Waals surface area contributed by atoms with Gasteiger partial charge in [-0.15, -0.1) is 6.58 Å². The molecular formula is C6H10N2. The van der Waals surface area contributed by atoms with E-state index in [0.717, 1.165) is 6.54 Å². The van der Waals surface area contributed by atoms with E-state index in [1.165, 1.54) is 0 Å². The largest absolute Gasteiger partial charge is 0.307 e. The summed E-state index contributed by atoms with van der Waals surface area (Å²) in [6.45, 7) is 6.87. The Morgan fingerprint density at radius 1 is 1.88 bits per heavy atom. The maximum Gasteiger partial charge on any atom is 0.179 e. The van der Waals surface area contributed by atoms with Gasteiger partial charge in [0.25, 0.3) is 0 Å². The molecule has 0 aliphatic heterocycles. The standard InChI is InChI=1S/C6H10N2/c1-3-5-8(4-2)6-7/h3H,1,4-5H2,2H3. The van der Waals surface area contributed by atoms with E-state index in [9.17, 15) is 0 Å². The average molecular weight is 110 g/mol. The third-order valence-electron chi connectivity index (χ3n) is 0.873. The van der Waals surface area contributed by atoms with Crippen LogP contribution in [0, 0.1) is 11.5 Å². The number of nitriles is 1. The first kappa shape index (κ1) is 7.03. The Balaban J connectivity index is 3.40. The fraction of sp³-hybridized carbons (Fsp3) is 0.500. The Labute approximate surface area is 50.0 Å². The van der Waals surface area contributed by atoms with Crippen molar-refractivity contribution in [3.8, 4) is 6.19 Å². The van der Waals surface area contributed by atoms with Gasteiger partial charge in [-0.2, -0.15) is 5.26 Å². The lowest BCUT2D eigenvalue weighted by atomic mass is 10.5. The number of likely N-dealkylation sites (N-methyl/N-ethyl adjacent to an activating group) is 1. The van der Waals surface area contributed by atoms with Crippen molar-refractivity contribution in [3.05, 3.63) is 12.7 Å². The summed E-state index contributed by atoms with van der Waals surface area (Å²) >= 11 is 0. The molecule has 0 aromatic rings. The molecule has 0 atom stereocenters. The molecule has 0 rings (SSSR count). The van der Waals surface area contributed by atoms with Crippen LogP contribution in [-0.2, 0) is 0 Å². The fourth-order valence-corrected chi connectivity index (χ4v) is 0.396. The summed E-state index contributed by atoms with van der Waals surface area (Å²) in [7, 11) is 0. The number of hydrogen-bond acceptors (Lipinski definition) is 2. The van der Waals surface area contributed by atoms with E-state index in [4.69, 9.17) is 5.26 Å². The fourth-order valence-electron chi connectivity index (χ4n) is 0.396. The van der Waals surface area contributed by atoms with E-state index < -0.39 is 0 Å². The summed E-state index contributed by atoms with van der Waals surface area (Å²) in [5, 5.41) is 8.29. The van der Waals surface area contributed by atoms with Crippen LogP contribution in [0.1, 0.15) is 6.92 Å². The van der Waals surface area contributed by atoms with E-state index >= 15 is 0 Å². The first-order valence-electron chi connectivity index (χ1n) is 2.60. The van der Waals surface area contributed by atoms with E-state index in [1.807, 2.05) is 13.1 Å². The van der Waals surface area contributed by atoms with Crippen molar-refractivity contribution in [1.82, 2.24) is 4.90 Å². The van der Waals surface area contributed by atoms with Crippen LogP contribution in [0.4, 0.5) is 0 Å². The highest BCUT2D eigenvalue weighted by Gasteiger charge is 1.89. The van der Waals surface area contributed by atoms with Gasteiger partial charge in [-0.05, 0) is 6.92 Å². The quantitative estimate of drug-likeness (QED) is 0.307. The highest BCUT2D eigenvalue weighted by Crippen LogP contribution is 1.81. The molecule has 0 aromatic heterocycles. The zero-order valence-electron chi connectivity index (χ0n) is 5.09. The molecule has 0 amide bonds. The van der Waals surface area contributed by atoms with Crippen LogP contribution in [0.15, 0.2) is 12.7 Å². The van der Waals surface area contributed by atoms with Gasteiger partial charge in [0, 0.05) is 13.1 Å². The van der Waals surface area contributed by atoms with Gasteiger partial charge < -0.3 is 4.90 Å². The molecule has 2 heteroatoms. The monoisotopic (exact) mass is 110 g/mol. The summed E-state index contributed by atoms with van der Waals surface area (Å²) < 4.78 is 0. The summed E-state index contributed by atoms with van der Waals surface area (Å²) in [6, 6.07) is 0. The molecule has 0 saturated heterocycles. The summed E-state index contributed by atoms with van der Waals surface area (Å²) in [5.74, 6) is 0. The predicted molar refractivity (Wildman–Crippen MR) is 33.1 cm³/mol. The Kier molecular flexibility index (Phi) is 3.69. The zero-order valence-corrected chi connectivity index (χ0v) is 5.09. The van der Waals surface area contributed by atoms with Crippen LogP contribution in [-0.4, -0.2) is 18.0 Å². The Bertz CT molecular complexity index is 102. The van der Waals surface area contributed by atoms with Crippen molar-refractivity contribution in [1.29, 1.82) is 5.26 Å². The third kappa shape index (κ3) is 2.25. The van der Waals surface area contributed by atoms with Gasteiger partial charge in [0.05, 0.1) is 0 Å². The lowest BCUT2D eigenvalue weighted by Gasteiger charge is -2.07. The molecule has 0 spiro atoms. The summed E-state index contributed by atoms with van der Waals surface area (Å²) in [4.78, 5) is 1.62. The molecule has 0 unspecified atom stereocenters. The molecule has 0 heterocycles. The molecule has 0 aliphatic rings. The highest BCUT2D eigenvalue weighted by atomic mass is 15.1. The molecule has 0 saturated carbocycles. The average Bonchev–Trinajstić information content (AvgIpc) is 1.83.